The topological polar surface area (TPSA) is 119 Å². The molecule has 3 heterocycles. The number of rotatable bonds is 12. The van der Waals surface area contributed by atoms with Crippen LogP contribution in [0.15, 0.2) is 24.3 Å². The molecule has 0 spiro atoms. The third-order valence-corrected chi connectivity index (χ3v) is 6.47. The van der Waals surface area contributed by atoms with Crippen LogP contribution in [0.2, 0.25) is 0 Å². The molecule has 2 aliphatic rings. The molecule has 0 saturated carbocycles. The van der Waals surface area contributed by atoms with Gasteiger partial charge in [-0.1, -0.05) is 12.8 Å². The maximum absolute atomic E-state index is 12.4. The molecule has 11 nitrogen and oxygen atoms in total. The van der Waals surface area contributed by atoms with Crippen LogP contribution in [0.1, 0.15) is 45.4 Å². The fraction of sp³-hybridized carbons (Fsp3) is 0.593. The normalized spacial score (nSPS) is 15.8. The van der Waals surface area contributed by atoms with Gasteiger partial charge in [0.2, 0.25) is 17.8 Å². The minimum absolute atomic E-state index is 0.0208. The summed E-state index contributed by atoms with van der Waals surface area (Å²) in [5, 5.41) is 2.96. The van der Waals surface area contributed by atoms with Gasteiger partial charge in [0.1, 0.15) is 0 Å². The molecule has 0 radical (unpaired) electrons. The zero-order chi connectivity index (χ0) is 26.6. The number of nitrogens with zero attached hydrogens (tertiary/aromatic N) is 5. The van der Waals surface area contributed by atoms with E-state index in [-0.39, 0.29) is 11.9 Å². The number of carbonyl (C=O) groups excluding carboxylic acids is 2. The van der Waals surface area contributed by atoms with Crippen molar-refractivity contribution in [2.24, 2.45) is 0 Å². The van der Waals surface area contributed by atoms with E-state index in [1.54, 1.807) is 0 Å². The average molecular weight is 527 g/mol. The lowest BCUT2D eigenvalue weighted by Gasteiger charge is -2.30. The molecule has 2 aliphatic heterocycles. The largest absolute Gasteiger partial charge is 0.466 e. The molecule has 11 heteroatoms. The number of esters is 1. The first-order chi connectivity index (χ1) is 18.6. The molecule has 1 aromatic carbocycles. The molecule has 2 aromatic rings. The van der Waals surface area contributed by atoms with Gasteiger partial charge in [-0.05, 0) is 44.0 Å². The number of amides is 1. The van der Waals surface area contributed by atoms with Crippen LogP contribution in [0.4, 0.5) is 17.6 Å². The summed E-state index contributed by atoms with van der Waals surface area (Å²) in [7, 11) is 0. The minimum atomic E-state index is -0.152. The van der Waals surface area contributed by atoms with Gasteiger partial charge >= 0.3 is 5.97 Å². The standard InChI is InChI=1S/C27H38N6O5/c1-2-38-24(35)8-6-4-3-5-7-23(34)28-22-11-9-21(10-12-22)25-29-26(32-13-17-36-18-14-32)31-27(30-25)33-15-19-37-20-16-33/h9-12H,2-8,13-20H2,1H3,(H,28,34). The Kier molecular flexibility index (Phi) is 10.6. The first-order valence-electron chi connectivity index (χ1n) is 13.6. The molecular weight excluding hydrogens is 488 g/mol. The highest BCUT2D eigenvalue weighted by atomic mass is 16.5. The summed E-state index contributed by atoms with van der Waals surface area (Å²) in [5.41, 5.74) is 1.59. The molecule has 206 valence electrons. The van der Waals surface area contributed by atoms with Crippen molar-refractivity contribution in [3.63, 3.8) is 0 Å². The van der Waals surface area contributed by atoms with Gasteiger partial charge in [0.05, 0.1) is 33.0 Å². The summed E-state index contributed by atoms with van der Waals surface area (Å²) < 4.78 is 15.9. The molecule has 0 aliphatic carbocycles. The van der Waals surface area contributed by atoms with E-state index in [0.717, 1.165) is 63.1 Å². The molecule has 38 heavy (non-hydrogen) atoms. The second-order valence-corrected chi connectivity index (χ2v) is 9.30. The highest BCUT2D eigenvalue weighted by molar-refractivity contribution is 5.90. The number of benzene rings is 1. The Hall–Kier alpha value is -3.31. The van der Waals surface area contributed by atoms with Gasteiger partial charge in [-0.3, -0.25) is 9.59 Å². The van der Waals surface area contributed by atoms with Crippen molar-refractivity contribution in [3.05, 3.63) is 24.3 Å². The van der Waals surface area contributed by atoms with Gasteiger partial charge in [0.15, 0.2) is 5.82 Å². The minimum Gasteiger partial charge on any atom is -0.466 e. The first kappa shape index (κ1) is 27.7. The Labute approximate surface area is 223 Å². The Morgan fingerprint density at radius 2 is 1.37 bits per heavy atom. The van der Waals surface area contributed by atoms with Crippen molar-refractivity contribution in [2.45, 2.75) is 45.4 Å². The average Bonchev–Trinajstić information content (AvgIpc) is 2.96. The van der Waals surface area contributed by atoms with E-state index in [0.29, 0.717) is 63.6 Å². The summed E-state index contributed by atoms with van der Waals surface area (Å²) in [6.45, 7) is 7.77. The number of nitrogens with one attached hydrogen (secondary N) is 1. The maximum Gasteiger partial charge on any atom is 0.305 e. The molecule has 1 aromatic heterocycles. The van der Waals surface area contributed by atoms with Crippen LogP contribution in [0.25, 0.3) is 11.4 Å². The number of aromatic nitrogens is 3. The third-order valence-electron chi connectivity index (χ3n) is 6.47. The molecular formula is C27H38N6O5. The van der Waals surface area contributed by atoms with Crippen LogP contribution in [0, 0.1) is 0 Å². The van der Waals surface area contributed by atoms with E-state index in [4.69, 9.17) is 29.2 Å². The van der Waals surface area contributed by atoms with Gasteiger partial charge in [-0.25, -0.2) is 0 Å². The smallest absolute Gasteiger partial charge is 0.305 e. The molecule has 1 amide bonds. The van der Waals surface area contributed by atoms with E-state index in [1.165, 1.54) is 0 Å². The summed E-state index contributed by atoms with van der Waals surface area (Å²) in [6, 6.07) is 7.59. The van der Waals surface area contributed by atoms with Crippen molar-refractivity contribution in [1.82, 2.24) is 15.0 Å². The lowest BCUT2D eigenvalue weighted by molar-refractivity contribution is -0.143. The molecule has 0 unspecified atom stereocenters. The molecule has 2 fully saturated rings. The Morgan fingerprint density at radius 3 is 1.92 bits per heavy atom. The van der Waals surface area contributed by atoms with Gasteiger partial charge < -0.3 is 29.3 Å². The van der Waals surface area contributed by atoms with E-state index in [1.807, 2.05) is 31.2 Å². The highest BCUT2D eigenvalue weighted by Crippen LogP contribution is 2.24. The zero-order valence-corrected chi connectivity index (χ0v) is 22.2. The van der Waals surface area contributed by atoms with Crippen molar-refractivity contribution >= 4 is 29.5 Å². The number of hydrogen-bond donors (Lipinski definition) is 1. The van der Waals surface area contributed by atoms with E-state index >= 15 is 0 Å². The first-order valence-corrected chi connectivity index (χ1v) is 13.6. The zero-order valence-electron chi connectivity index (χ0n) is 22.2. The predicted molar refractivity (Wildman–Crippen MR) is 144 cm³/mol. The number of carbonyl (C=O) groups is 2. The van der Waals surface area contributed by atoms with Crippen molar-refractivity contribution < 1.29 is 23.8 Å². The van der Waals surface area contributed by atoms with Crippen molar-refractivity contribution in [1.29, 1.82) is 0 Å². The summed E-state index contributed by atoms with van der Waals surface area (Å²) in [6.07, 6.45) is 4.27. The second kappa shape index (κ2) is 14.6. The quantitative estimate of drug-likeness (QED) is 0.326. The lowest BCUT2D eigenvalue weighted by atomic mass is 10.1. The third kappa shape index (κ3) is 8.35. The van der Waals surface area contributed by atoms with Crippen LogP contribution in [-0.2, 0) is 23.8 Å². The monoisotopic (exact) mass is 526 g/mol. The lowest BCUT2D eigenvalue weighted by Crippen LogP contribution is -2.40. The molecule has 4 rings (SSSR count). The Morgan fingerprint density at radius 1 is 0.816 bits per heavy atom. The van der Waals surface area contributed by atoms with Crippen LogP contribution >= 0.6 is 0 Å². The number of hydrogen-bond acceptors (Lipinski definition) is 10. The summed E-state index contributed by atoms with van der Waals surface area (Å²) >= 11 is 0. The predicted octanol–water partition coefficient (Wildman–Crippen LogP) is 3.05. The molecule has 2 saturated heterocycles. The van der Waals surface area contributed by atoms with Crippen molar-refractivity contribution in [3.8, 4) is 11.4 Å². The van der Waals surface area contributed by atoms with Crippen LogP contribution in [-0.4, -0.2) is 86.0 Å². The van der Waals surface area contributed by atoms with Gasteiger partial charge in [-0.15, -0.1) is 0 Å². The maximum atomic E-state index is 12.4. The number of morpholine rings is 2. The number of anilines is 3. The van der Waals surface area contributed by atoms with Crippen LogP contribution < -0.4 is 15.1 Å². The SMILES string of the molecule is CCOC(=O)CCCCCCC(=O)Nc1ccc(-c2nc(N3CCOCC3)nc(N3CCOCC3)n2)cc1. The highest BCUT2D eigenvalue weighted by Gasteiger charge is 2.21. The van der Waals surface area contributed by atoms with Gasteiger partial charge in [0, 0.05) is 50.3 Å². The molecule has 0 atom stereocenters. The van der Waals surface area contributed by atoms with E-state index < -0.39 is 0 Å². The second-order valence-electron chi connectivity index (χ2n) is 9.30. The van der Waals surface area contributed by atoms with Crippen LogP contribution in [0.5, 0.6) is 0 Å². The number of ether oxygens (including phenoxy) is 3. The Balaban J connectivity index is 1.33. The van der Waals surface area contributed by atoms with E-state index in [9.17, 15) is 9.59 Å². The van der Waals surface area contributed by atoms with Gasteiger partial charge in [0.25, 0.3) is 0 Å². The van der Waals surface area contributed by atoms with Gasteiger partial charge in [-0.2, -0.15) is 15.0 Å². The fourth-order valence-electron chi connectivity index (χ4n) is 4.36. The molecule has 0 bridgehead atoms. The summed E-state index contributed by atoms with van der Waals surface area (Å²) in [4.78, 5) is 42.3. The summed E-state index contributed by atoms with van der Waals surface area (Å²) in [5.74, 6) is 1.73. The van der Waals surface area contributed by atoms with Crippen molar-refractivity contribution in [2.75, 3.05) is 74.3 Å². The fourth-order valence-corrected chi connectivity index (χ4v) is 4.36. The Bertz CT molecular complexity index is 1000. The van der Waals surface area contributed by atoms with Crippen LogP contribution in [0.3, 0.4) is 0 Å². The van der Waals surface area contributed by atoms with E-state index in [2.05, 4.69) is 15.1 Å². The molecule has 1 N–H and O–H groups in total. The number of unbranched alkanes of at least 4 members (excludes halogenated alkanes) is 3.